The van der Waals surface area contributed by atoms with Crippen LogP contribution in [0.5, 0.6) is 0 Å². The molecular formula is C15H21F2NO2. The molecule has 3 nitrogen and oxygen atoms in total. The number of esters is 1. The third kappa shape index (κ3) is 5.15. The van der Waals surface area contributed by atoms with Crippen molar-refractivity contribution in [2.24, 2.45) is 0 Å². The van der Waals surface area contributed by atoms with Gasteiger partial charge in [-0.05, 0) is 12.5 Å². The number of hydrogen-bond acceptors (Lipinski definition) is 3. The van der Waals surface area contributed by atoms with E-state index in [4.69, 9.17) is 10.5 Å². The molecule has 0 saturated heterocycles. The minimum absolute atomic E-state index is 0.219. The number of nitrogen functional groups attached to an aromatic ring is 1. The molecule has 0 bridgehead atoms. The summed E-state index contributed by atoms with van der Waals surface area (Å²) in [5.41, 5.74) is 4.46. The van der Waals surface area contributed by atoms with Gasteiger partial charge in [-0.1, -0.05) is 39.0 Å². The molecule has 0 aromatic heterocycles. The van der Waals surface area contributed by atoms with E-state index < -0.39 is 23.2 Å². The number of anilines is 1. The Hall–Kier alpha value is -1.65. The number of carbonyl (C=O) groups excluding carboxylic acids is 1. The Balaban J connectivity index is 2.34. The Morgan fingerprint density at radius 1 is 1.10 bits per heavy atom. The number of hydrogen-bond donors (Lipinski definition) is 1. The molecule has 1 aromatic carbocycles. The molecule has 0 heterocycles. The van der Waals surface area contributed by atoms with Crippen LogP contribution in [0.1, 0.15) is 55.8 Å². The Labute approximate surface area is 118 Å². The largest absolute Gasteiger partial charge is 0.462 e. The molecule has 0 amide bonds. The highest BCUT2D eigenvalue weighted by Crippen LogP contribution is 2.17. The highest BCUT2D eigenvalue weighted by Gasteiger charge is 2.16. The number of ether oxygens (including phenoxy) is 1. The summed E-state index contributed by atoms with van der Waals surface area (Å²) in [5, 5.41) is 0. The molecule has 0 aliphatic rings. The first-order chi connectivity index (χ1) is 9.56. The van der Waals surface area contributed by atoms with Crippen molar-refractivity contribution in [2.75, 3.05) is 12.3 Å². The summed E-state index contributed by atoms with van der Waals surface area (Å²) < 4.78 is 31.6. The fourth-order valence-corrected chi connectivity index (χ4v) is 1.84. The maximum absolute atomic E-state index is 13.4. The molecular weight excluding hydrogens is 264 g/mol. The molecule has 0 aliphatic carbocycles. The molecule has 1 aromatic rings. The number of rotatable bonds is 8. The van der Waals surface area contributed by atoms with Crippen LogP contribution in [0, 0.1) is 11.6 Å². The van der Waals surface area contributed by atoms with Crippen LogP contribution in [0.15, 0.2) is 12.1 Å². The standard InChI is InChI=1S/C15H21F2NO2/c1-2-3-4-5-6-7-8-20-15(19)11-9-13(17)14(18)10-12(11)16/h9-10H,2-8,18H2,1H3. The molecule has 0 spiro atoms. The Morgan fingerprint density at radius 2 is 1.75 bits per heavy atom. The lowest BCUT2D eigenvalue weighted by atomic mass is 10.1. The average molecular weight is 285 g/mol. The van der Waals surface area contributed by atoms with Crippen LogP contribution in [0.25, 0.3) is 0 Å². The second kappa shape index (κ2) is 8.51. The molecule has 112 valence electrons. The molecule has 2 N–H and O–H groups in total. The summed E-state index contributed by atoms with van der Waals surface area (Å²) in [6.45, 7) is 2.36. The highest BCUT2D eigenvalue weighted by atomic mass is 19.1. The van der Waals surface area contributed by atoms with Gasteiger partial charge in [0.1, 0.15) is 11.6 Å². The van der Waals surface area contributed by atoms with E-state index in [1.807, 2.05) is 0 Å². The summed E-state index contributed by atoms with van der Waals surface area (Å²) in [5.74, 6) is -2.54. The number of unbranched alkanes of at least 4 members (excludes halogenated alkanes) is 5. The fraction of sp³-hybridized carbons (Fsp3) is 0.533. The summed E-state index contributed by atoms with van der Waals surface area (Å²) in [4.78, 5) is 11.6. The zero-order valence-corrected chi connectivity index (χ0v) is 11.8. The lowest BCUT2D eigenvalue weighted by Gasteiger charge is -2.07. The topological polar surface area (TPSA) is 52.3 Å². The van der Waals surface area contributed by atoms with Crippen molar-refractivity contribution in [2.45, 2.75) is 45.4 Å². The molecule has 1 rings (SSSR count). The van der Waals surface area contributed by atoms with Crippen molar-refractivity contribution >= 4 is 11.7 Å². The van der Waals surface area contributed by atoms with Gasteiger partial charge in [-0.25, -0.2) is 13.6 Å². The highest BCUT2D eigenvalue weighted by molar-refractivity contribution is 5.90. The third-order valence-corrected chi connectivity index (χ3v) is 3.04. The summed E-state index contributed by atoms with van der Waals surface area (Å²) in [6.07, 6.45) is 6.34. The molecule has 0 radical (unpaired) electrons. The molecule has 0 fully saturated rings. The molecule has 20 heavy (non-hydrogen) atoms. The van der Waals surface area contributed by atoms with E-state index >= 15 is 0 Å². The van der Waals surface area contributed by atoms with Crippen LogP contribution in [0.2, 0.25) is 0 Å². The van der Waals surface area contributed by atoms with E-state index in [0.717, 1.165) is 31.4 Å². The van der Waals surface area contributed by atoms with Crippen LogP contribution in [0.4, 0.5) is 14.5 Å². The van der Waals surface area contributed by atoms with Crippen LogP contribution >= 0.6 is 0 Å². The maximum Gasteiger partial charge on any atom is 0.341 e. The first-order valence-corrected chi connectivity index (χ1v) is 6.98. The van der Waals surface area contributed by atoms with Gasteiger partial charge in [0.2, 0.25) is 0 Å². The predicted octanol–water partition coefficient (Wildman–Crippen LogP) is 4.06. The Morgan fingerprint density at radius 3 is 2.45 bits per heavy atom. The molecule has 5 heteroatoms. The third-order valence-electron chi connectivity index (χ3n) is 3.04. The van der Waals surface area contributed by atoms with Crippen molar-refractivity contribution in [1.29, 1.82) is 0 Å². The molecule has 0 aliphatic heterocycles. The van der Waals surface area contributed by atoms with Gasteiger partial charge in [0.25, 0.3) is 0 Å². The quantitative estimate of drug-likeness (QED) is 0.445. The lowest BCUT2D eigenvalue weighted by Crippen LogP contribution is -2.10. The van der Waals surface area contributed by atoms with Gasteiger partial charge in [-0.3, -0.25) is 0 Å². The van der Waals surface area contributed by atoms with E-state index in [1.165, 1.54) is 19.3 Å². The number of benzene rings is 1. The maximum atomic E-state index is 13.4. The number of halogens is 2. The summed E-state index contributed by atoms with van der Waals surface area (Å²) in [6, 6.07) is 1.56. The first kappa shape index (κ1) is 16.4. The van der Waals surface area contributed by atoms with Crippen molar-refractivity contribution in [3.8, 4) is 0 Å². The van der Waals surface area contributed by atoms with E-state index in [-0.39, 0.29) is 12.3 Å². The fourth-order valence-electron chi connectivity index (χ4n) is 1.84. The minimum atomic E-state index is -0.864. The van der Waals surface area contributed by atoms with E-state index in [2.05, 4.69) is 6.92 Å². The van der Waals surface area contributed by atoms with Crippen molar-refractivity contribution < 1.29 is 18.3 Å². The van der Waals surface area contributed by atoms with Gasteiger partial charge in [0.05, 0.1) is 17.9 Å². The SMILES string of the molecule is CCCCCCCCOC(=O)c1cc(F)c(N)cc1F. The average Bonchev–Trinajstić information content (AvgIpc) is 2.41. The van der Waals surface area contributed by atoms with Crippen LogP contribution in [-0.4, -0.2) is 12.6 Å². The second-order valence-corrected chi connectivity index (χ2v) is 4.76. The Bertz CT molecular complexity index is 450. The smallest absolute Gasteiger partial charge is 0.341 e. The van der Waals surface area contributed by atoms with Crippen LogP contribution in [0.3, 0.4) is 0 Å². The van der Waals surface area contributed by atoms with Crippen molar-refractivity contribution in [3.63, 3.8) is 0 Å². The number of nitrogens with two attached hydrogens (primary N) is 1. The van der Waals surface area contributed by atoms with Gasteiger partial charge >= 0.3 is 5.97 Å². The normalized spacial score (nSPS) is 10.6. The van der Waals surface area contributed by atoms with Crippen molar-refractivity contribution in [3.05, 3.63) is 29.3 Å². The van der Waals surface area contributed by atoms with Crippen molar-refractivity contribution in [1.82, 2.24) is 0 Å². The zero-order chi connectivity index (χ0) is 15.0. The summed E-state index contributed by atoms with van der Waals surface area (Å²) >= 11 is 0. The van der Waals surface area contributed by atoms with Crippen LogP contribution in [-0.2, 0) is 4.74 Å². The molecule has 0 saturated carbocycles. The first-order valence-electron chi connectivity index (χ1n) is 6.98. The van der Waals surface area contributed by atoms with E-state index in [1.54, 1.807) is 0 Å². The molecule has 0 atom stereocenters. The van der Waals surface area contributed by atoms with Gasteiger partial charge in [-0.15, -0.1) is 0 Å². The zero-order valence-electron chi connectivity index (χ0n) is 11.8. The Kier molecular flexibility index (Phi) is 6.98. The molecule has 0 unspecified atom stereocenters. The van der Waals surface area contributed by atoms with E-state index in [9.17, 15) is 13.6 Å². The lowest BCUT2D eigenvalue weighted by molar-refractivity contribution is 0.0492. The predicted molar refractivity (Wildman–Crippen MR) is 74.4 cm³/mol. The monoisotopic (exact) mass is 285 g/mol. The van der Waals surface area contributed by atoms with E-state index in [0.29, 0.717) is 0 Å². The van der Waals surface area contributed by atoms with Crippen LogP contribution < -0.4 is 5.73 Å². The van der Waals surface area contributed by atoms with Gasteiger partial charge < -0.3 is 10.5 Å². The van der Waals surface area contributed by atoms with Gasteiger partial charge in [0.15, 0.2) is 0 Å². The van der Waals surface area contributed by atoms with Gasteiger partial charge in [0, 0.05) is 6.07 Å². The van der Waals surface area contributed by atoms with Gasteiger partial charge in [-0.2, -0.15) is 0 Å². The minimum Gasteiger partial charge on any atom is -0.462 e. The number of carbonyl (C=O) groups is 1. The summed E-state index contributed by atoms with van der Waals surface area (Å²) in [7, 11) is 0. The second-order valence-electron chi connectivity index (χ2n) is 4.76.